The van der Waals surface area contributed by atoms with Crippen molar-refractivity contribution in [1.82, 2.24) is 4.90 Å². The number of rotatable bonds is 11. The van der Waals surface area contributed by atoms with Gasteiger partial charge < -0.3 is 14.4 Å². The molecular formula is C26H36ClNO2S. The molecule has 0 amide bonds. The van der Waals surface area contributed by atoms with E-state index in [1.54, 1.807) is 0 Å². The molecule has 0 bridgehead atoms. The first-order valence-electron chi connectivity index (χ1n) is 11.3. The minimum absolute atomic E-state index is 0.0905. The molecule has 2 aromatic rings. The number of ether oxygens (including phenoxy) is 2. The Morgan fingerprint density at radius 2 is 1.48 bits per heavy atom. The van der Waals surface area contributed by atoms with Gasteiger partial charge in [-0.3, -0.25) is 0 Å². The van der Waals surface area contributed by atoms with Gasteiger partial charge in [-0.25, -0.2) is 0 Å². The van der Waals surface area contributed by atoms with E-state index in [0.717, 1.165) is 31.1 Å². The van der Waals surface area contributed by atoms with Gasteiger partial charge in [0.15, 0.2) is 0 Å². The van der Waals surface area contributed by atoms with Gasteiger partial charge in [0.25, 0.3) is 0 Å². The van der Waals surface area contributed by atoms with Gasteiger partial charge >= 0.3 is 0 Å². The Morgan fingerprint density at radius 3 is 2.03 bits per heavy atom. The molecule has 1 heterocycles. The number of alkyl halides is 1. The highest BCUT2D eigenvalue weighted by Gasteiger charge is 2.23. The van der Waals surface area contributed by atoms with Crippen LogP contribution in [0.4, 0.5) is 0 Å². The second-order valence-corrected chi connectivity index (χ2v) is 10.5. The summed E-state index contributed by atoms with van der Waals surface area (Å²) in [4.78, 5) is 2.56. The Labute approximate surface area is 197 Å². The van der Waals surface area contributed by atoms with Crippen molar-refractivity contribution in [2.45, 2.75) is 32.6 Å². The van der Waals surface area contributed by atoms with Crippen LogP contribution in [0.3, 0.4) is 0 Å². The van der Waals surface area contributed by atoms with Crippen molar-refractivity contribution in [3.05, 3.63) is 59.7 Å². The maximum atomic E-state index is 6.09. The summed E-state index contributed by atoms with van der Waals surface area (Å²) in [6, 6.07) is 17.0. The van der Waals surface area contributed by atoms with Crippen molar-refractivity contribution in [1.29, 1.82) is 0 Å². The molecule has 0 saturated carbocycles. The molecule has 0 aliphatic carbocycles. The molecule has 2 aromatic carbocycles. The van der Waals surface area contributed by atoms with Crippen LogP contribution in [0.15, 0.2) is 48.5 Å². The minimum Gasteiger partial charge on any atom is -0.494 e. The topological polar surface area (TPSA) is 21.7 Å². The number of nitrogens with zero attached hydrogens (tertiary/aromatic N) is 1. The fourth-order valence-electron chi connectivity index (χ4n) is 3.86. The monoisotopic (exact) mass is 461 g/mol. The molecule has 3 nitrogen and oxygen atoms in total. The minimum atomic E-state index is -0.0905. The van der Waals surface area contributed by atoms with E-state index in [1.165, 1.54) is 35.7 Å². The van der Waals surface area contributed by atoms with Crippen LogP contribution in [0.25, 0.3) is 0 Å². The van der Waals surface area contributed by atoms with Crippen molar-refractivity contribution in [2.24, 2.45) is 5.92 Å². The van der Waals surface area contributed by atoms with E-state index in [9.17, 15) is 0 Å². The molecule has 1 fully saturated rings. The lowest BCUT2D eigenvalue weighted by atomic mass is 9.78. The quantitative estimate of drug-likeness (QED) is 0.298. The van der Waals surface area contributed by atoms with E-state index in [4.69, 9.17) is 21.1 Å². The highest BCUT2D eigenvalue weighted by molar-refractivity contribution is 7.99. The highest BCUT2D eigenvalue weighted by atomic mass is 35.5. The van der Waals surface area contributed by atoms with Crippen LogP contribution in [0.5, 0.6) is 11.5 Å². The molecule has 1 saturated heterocycles. The fourth-order valence-corrected chi connectivity index (χ4v) is 4.95. The average molecular weight is 462 g/mol. The van der Waals surface area contributed by atoms with Crippen LogP contribution >= 0.6 is 23.4 Å². The van der Waals surface area contributed by atoms with Crippen molar-refractivity contribution >= 4 is 23.4 Å². The predicted octanol–water partition coefficient (Wildman–Crippen LogP) is 6.08. The van der Waals surface area contributed by atoms with E-state index < -0.39 is 0 Å². The van der Waals surface area contributed by atoms with E-state index in [0.29, 0.717) is 18.4 Å². The Hall–Kier alpha value is -1.36. The summed E-state index contributed by atoms with van der Waals surface area (Å²) in [5, 5.41) is 0. The summed E-state index contributed by atoms with van der Waals surface area (Å²) in [6.45, 7) is 11.7. The third kappa shape index (κ3) is 7.34. The highest BCUT2D eigenvalue weighted by Crippen LogP contribution is 2.33. The summed E-state index contributed by atoms with van der Waals surface area (Å²) in [6.07, 6.45) is 0.861. The second-order valence-electron chi connectivity index (χ2n) is 8.89. The normalized spacial score (nSPS) is 16.1. The van der Waals surface area contributed by atoms with Crippen molar-refractivity contribution < 1.29 is 9.47 Å². The first-order valence-corrected chi connectivity index (χ1v) is 13.0. The lowest BCUT2D eigenvalue weighted by molar-refractivity contribution is 0.195. The molecule has 1 aliphatic heterocycles. The molecule has 0 unspecified atom stereocenters. The largest absolute Gasteiger partial charge is 0.494 e. The Kier molecular flexibility index (Phi) is 9.43. The van der Waals surface area contributed by atoms with Crippen molar-refractivity contribution in [3.63, 3.8) is 0 Å². The van der Waals surface area contributed by atoms with Crippen LogP contribution in [-0.4, -0.2) is 55.1 Å². The maximum Gasteiger partial charge on any atom is 0.119 e. The number of halogens is 1. The van der Waals surface area contributed by atoms with Gasteiger partial charge in [-0.15, -0.1) is 11.6 Å². The van der Waals surface area contributed by atoms with E-state index in [2.05, 4.69) is 73.8 Å². The van der Waals surface area contributed by atoms with Crippen LogP contribution in [0, 0.1) is 5.92 Å². The third-order valence-corrected chi connectivity index (χ3v) is 7.12. The van der Waals surface area contributed by atoms with Gasteiger partial charge in [-0.2, -0.15) is 11.8 Å². The van der Waals surface area contributed by atoms with Gasteiger partial charge in [0.2, 0.25) is 0 Å². The van der Waals surface area contributed by atoms with Crippen LogP contribution in [-0.2, 0) is 5.41 Å². The second kappa shape index (κ2) is 12.0. The molecule has 170 valence electrons. The van der Waals surface area contributed by atoms with Gasteiger partial charge in [-0.1, -0.05) is 45.0 Å². The first kappa shape index (κ1) is 24.3. The molecule has 1 aliphatic rings. The zero-order valence-corrected chi connectivity index (χ0v) is 20.7. The van der Waals surface area contributed by atoms with Gasteiger partial charge in [0, 0.05) is 48.4 Å². The summed E-state index contributed by atoms with van der Waals surface area (Å²) >= 11 is 7.77. The maximum absolute atomic E-state index is 6.09. The number of hydrogen-bond donors (Lipinski definition) is 0. The molecule has 31 heavy (non-hydrogen) atoms. The molecule has 0 aromatic heterocycles. The standard InChI is InChI=1S/C26H36ClNO2S/c1-21(19-28-14-17-31-18-15-28)20-30-25-11-7-23(8-12-25)26(2,3)22-5-9-24(10-6-22)29-16-4-13-27/h5-12,21H,4,13-20H2,1-3H3/t21-/m0/s1. The number of hydrogen-bond acceptors (Lipinski definition) is 4. The molecular weight excluding hydrogens is 426 g/mol. The third-order valence-electron chi connectivity index (χ3n) is 5.91. The van der Waals surface area contributed by atoms with E-state index in [1.807, 2.05) is 12.1 Å². The molecule has 0 spiro atoms. The van der Waals surface area contributed by atoms with Crippen LogP contribution in [0.2, 0.25) is 0 Å². The van der Waals surface area contributed by atoms with Gasteiger partial charge in [-0.05, 0) is 41.8 Å². The van der Waals surface area contributed by atoms with Crippen LogP contribution < -0.4 is 9.47 Å². The number of benzene rings is 2. The zero-order valence-electron chi connectivity index (χ0n) is 19.1. The average Bonchev–Trinajstić information content (AvgIpc) is 2.79. The smallest absolute Gasteiger partial charge is 0.119 e. The SMILES string of the molecule is C[C@H](COc1ccc(C(C)(C)c2ccc(OCCCCl)cc2)cc1)CN1CCSCC1. The lowest BCUT2D eigenvalue weighted by Gasteiger charge is -2.29. The summed E-state index contributed by atoms with van der Waals surface area (Å²) in [5.41, 5.74) is 2.45. The molecule has 3 rings (SSSR count). The molecule has 0 radical (unpaired) electrons. The molecule has 0 N–H and O–H groups in total. The van der Waals surface area contributed by atoms with Gasteiger partial charge in [0.1, 0.15) is 11.5 Å². The fraction of sp³-hybridized carbons (Fsp3) is 0.538. The van der Waals surface area contributed by atoms with Gasteiger partial charge in [0.05, 0.1) is 13.2 Å². The molecule has 5 heteroatoms. The number of thioether (sulfide) groups is 1. The van der Waals surface area contributed by atoms with E-state index >= 15 is 0 Å². The van der Waals surface area contributed by atoms with E-state index in [-0.39, 0.29) is 5.41 Å². The summed E-state index contributed by atoms with van der Waals surface area (Å²) in [7, 11) is 0. The lowest BCUT2D eigenvalue weighted by Crippen LogP contribution is -2.37. The first-order chi connectivity index (χ1) is 15.0. The molecule has 1 atom stereocenters. The predicted molar refractivity (Wildman–Crippen MR) is 134 cm³/mol. The Morgan fingerprint density at radius 1 is 0.935 bits per heavy atom. The summed E-state index contributed by atoms with van der Waals surface area (Å²) in [5.74, 6) is 5.52. The van der Waals surface area contributed by atoms with Crippen molar-refractivity contribution in [2.75, 3.05) is 50.2 Å². The van der Waals surface area contributed by atoms with Crippen LogP contribution in [0.1, 0.15) is 38.3 Å². The Balaban J connectivity index is 1.53. The Bertz CT molecular complexity index is 773. The summed E-state index contributed by atoms with van der Waals surface area (Å²) < 4.78 is 11.8. The van der Waals surface area contributed by atoms with Crippen molar-refractivity contribution in [3.8, 4) is 11.5 Å². The zero-order chi connectivity index (χ0) is 22.1.